The molecule has 0 fully saturated rings. The van der Waals surface area contributed by atoms with E-state index in [1.807, 2.05) is 0 Å². The van der Waals surface area contributed by atoms with Gasteiger partial charge in [0.15, 0.2) is 0 Å². The molecule has 2 N–H and O–H groups in total. The van der Waals surface area contributed by atoms with Crippen molar-refractivity contribution in [3.63, 3.8) is 0 Å². The second kappa shape index (κ2) is 8.26. The zero-order valence-corrected chi connectivity index (χ0v) is 17.4. The third kappa shape index (κ3) is 3.95. The molecule has 1 atom stereocenters. The van der Waals surface area contributed by atoms with E-state index in [1.165, 1.54) is 11.0 Å². The molecule has 2 aromatic carbocycles. The first-order valence-corrected chi connectivity index (χ1v) is 10.1. The van der Waals surface area contributed by atoms with Crippen LogP contribution in [-0.4, -0.2) is 56.7 Å². The number of likely N-dealkylation sites (N-methyl/N-ethyl adjacent to an activating group) is 1. The predicted octanol–water partition coefficient (Wildman–Crippen LogP) is 1.63. The summed E-state index contributed by atoms with van der Waals surface area (Å²) < 4.78 is 19.7. The number of rotatable bonds is 4. The lowest BCUT2D eigenvalue weighted by atomic mass is 10.1. The molecule has 3 heterocycles. The van der Waals surface area contributed by atoms with Gasteiger partial charge in [-0.1, -0.05) is 18.2 Å². The number of anilines is 1. The zero-order valence-electron chi connectivity index (χ0n) is 17.4. The molecule has 11 heteroatoms. The van der Waals surface area contributed by atoms with Crippen molar-refractivity contribution in [3.8, 4) is 5.75 Å². The van der Waals surface area contributed by atoms with Crippen LogP contribution in [0.15, 0.2) is 48.8 Å². The summed E-state index contributed by atoms with van der Waals surface area (Å²) in [6.45, 7) is -0.0831. The fourth-order valence-electron chi connectivity index (χ4n) is 3.58. The molecule has 1 aliphatic heterocycles. The highest BCUT2D eigenvalue weighted by atomic mass is 19.1. The van der Waals surface area contributed by atoms with Gasteiger partial charge < -0.3 is 15.0 Å². The Bertz CT molecular complexity index is 1370. The average molecular weight is 447 g/mol. The molecule has 166 valence electrons. The van der Waals surface area contributed by atoms with Crippen LogP contribution in [0.3, 0.4) is 0 Å². The lowest BCUT2D eigenvalue weighted by molar-refractivity contribution is -0.120. The molecular formula is C22H18FN7O3. The van der Waals surface area contributed by atoms with Gasteiger partial charge in [0.1, 0.15) is 30.0 Å². The van der Waals surface area contributed by atoms with Crippen molar-refractivity contribution in [1.29, 1.82) is 0 Å². The van der Waals surface area contributed by atoms with Crippen molar-refractivity contribution in [2.24, 2.45) is 0 Å². The van der Waals surface area contributed by atoms with Crippen LogP contribution in [-0.2, 0) is 11.2 Å². The average Bonchev–Trinajstić information content (AvgIpc) is 3.26. The van der Waals surface area contributed by atoms with Crippen LogP contribution in [0.25, 0.3) is 11.0 Å². The predicted molar refractivity (Wildman–Crippen MR) is 115 cm³/mol. The van der Waals surface area contributed by atoms with Gasteiger partial charge in [0.05, 0.1) is 16.7 Å². The molecule has 0 spiro atoms. The second-order valence-corrected chi connectivity index (χ2v) is 7.47. The molecule has 2 amide bonds. The summed E-state index contributed by atoms with van der Waals surface area (Å²) in [4.78, 5) is 39.7. The number of benzene rings is 2. The highest BCUT2D eigenvalue weighted by molar-refractivity contribution is 6.03. The summed E-state index contributed by atoms with van der Waals surface area (Å²) in [6.07, 6.45) is 3.28. The normalized spacial score (nSPS) is 15.6. The summed E-state index contributed by atoms with van der Waals surface area (Å²) in [5, 5.41) is 9.15. The number of hydrogen-bond acceptors (Lipinski definition) is 7. The number of nitrogens with one attached hydrogen (secondary N) is 2. The number of fused-ring (bicyclic) bond motifs is 2. The first kappa shape index (κ1) is 20.5. The summed E-state index contributed by atoms with van der Waals surface area (Å²) in [7, 11) is 1.59. The quantitative estimate of drug-likeness (QED) is 0.487. The van der Waals surface area contributed by atoms with E-state index in [9.17, 15) is 14.0 Å². The molecule has 0 radical (unpaired) electrons. The molecule has 0 unspecified atom stereocenters. The maximum Gasteiger partial charge on any atom is 0.291 e. The molecule has 4 aromatic rings. The van der Waals surface area contributed by atoms with Crippen molar-refractivity contribution in [2.45, 2.75) is 12.5 Å². The Labute approximate surface area is 186 Å². The van der Waals surface area contributed by atoms with E-state index in [-0.39, 0.29) is 30.6 Å². The third-order valence-corrected chi connectivity index (χ3v) is 5.30. The second-order valence-electron chi connectivity index (χ2n) is 7.47. The summed E-state index contributed by atoms with van der Waals surface area (Å²) >= 11 is 0. The van der Waals surface area contributed by atoms with Gasteiger partial charge in [0.2, 0.25) is 5.82 Å². The van der Waals surface area contributed by atoms with Gasteiger partial charge in [0, 0.05) is 31.9 Å². The van der Waals surface area contributed by atoms with Crippen LogP contribution in [0, 0.1) is 5.82 Å². The van der Waals surface area contributed by atoms with E-state index in [0.717, 1.165) is 0 Å². The standard InChI is InChI=1S/C22H18FN7O3/c1-30-17-9-14-15(25-7-6-24-14)10-18(17)33-11-16(22(30)32)26-21(31)20-27-19(28-29-20)8-12-4-2-3-5-13(12)23/h2-7,9-10,16H,8,11H2,1H3,(H,26,31)(H,27,28,29)/t16-/m0/s1. The van der Waals surface area contributed by atoms with Crippen LogP contribution in [0.1, 0.15) is 22.0 Å². The number of carbonyl (C=O) groups is 2. The van der Waals surface area contributed by atoms with Gasteiger partial charge in [-0.25, -0.2) is 9.37 Å². The maximum absolute atomic E-state index is 13.9. The molecule has 0 saturated heterocycles. The fraction of sp³-hybridized carbons (Fsp3) is 0.182. The number of nitrogens with zero attached hydrogens (tertiary/aromatic N) is 5. The number of aromatic nitrogens is 5. The first-order valence-electron chi connectivity index (χ1n) is 10.1. The highest BCUT2D eigenvalue weighted by Gasteiger charge is 2.32. The monoisotopic (exact) mass is 447 g/mol. The van der Waals surface area contributed by atoms with Crippen LogP contribution in [0.5, 0.6) is 5.75 Å². The Balaban J connectivity index is 1.32. The van der Waals surface area contributed by atoms with Crippen molar-refractivity contribution in [1.82, 2.24) is 30.5 Å². The van der Waals surface area contributed by atoms with Gasteiger partial charge in [-0.3, -0.25) is 24.7 Å². The summed E-state index contributed by atoms with van der Waals surface area (Å²) in [5.74, 6) is -0.765. The number of H-pyrrole nitrogens is 1. The minimum absolute atomic E-state index is 0.0831. The van der Waals surface area contributed by atoms with Gasteiger partial charge in [-0.15, -0.1) is 5.10 Å². The lowest BCUT2D eigenvalue weighted by Gasteiger charge is -2.20. The Hall–Kier alpha value is -4.41. The molecule has 2 aromatic heterocycles. The third-order valence-electron chi connectivity index (χ3n) is 5.30. The van der Waals surface area contributed by atoms with Crippen molar-refractivity contribution in [2.75, 3.05) is 18.6 Å². The minimum Gasteiger partial charge on any atom is -0.489 e. The van der Waals surface area contributed by atoms with E-state index < -0.39 is 11.9 Å². The molecule has 0 aliphatic carbocycles. The largest absolute Gasteiger partial charge is 0.489 e. The number of amides is 2. The molecule has 5 rings (SSSR count). The smallest absolute Gasteiger partial charge is 0.291 e. The molecule has 10 nitrogen and oxygen atoms in total. The van der Waals surface area contributed by atoms with Crippen molar-refractivity contribution in [3.05, 3.63) is 71.8 Å². The minimum atomic E-state index is -0.965. The van der Waals surface area contributed by atoms with E-state index in [1.54, 1.807) is 49.8 Å². The molecule has 0 bridgehead atoms. The van der Waals surface area contributed by atoms with E-state index in [2.05, 4.69) is 30.5 Å². The Morgan fingerprint density at radius 2 is 2.00 bits per heavy atom. The van der Waals surface area contributed by atoms with Gasteiger partial charge in [-0.05, 0) is 17.7 Å². The maximum atomic E-state index is 13.9. The fourth-order valence-corrected chi connectivity index (χ4v) is 3.58. The number of aromatic amines is 1. The number of hydrogen-bond donors (Lipinski definition) is 2. The molecular weight excluding hydrogens is 429 g/mol. The lowest BCUT2D eigenvalue weighted by Crippen LogP contribution is -2.49. The number of halogens is 1. The van der Waals surface area contributed by atoms with Gasteiger partial charge in [0.25, 0.3) is 11.8 Å². The van der Waals surface area contributed by atoms with E-state index >= 15 is 0 Å². The van der Waals surface area contributed by atoms with Gasteiger partial charge in [-0.2, -0.15) is 0 Å². The summed E-state index contributed by atoms with van der Waals surface area (Å²) in [5.41, 5.74) is 2.19. The number of ether oxygens (including phenoxy) is 1. The van der Waals surface area contributed by atoms with Gasteiger partial charge >= 0.3 is 0 Å². The van der Waals surface area contributed by atoms with Crippen LogP contribution in [0.4, 0.5) is 10.1 Å². The highest BCUT2D eigenvalue weighted by Crippen LogP contribution is 2.33. The van der Waals surface area contributed by atoms with Crippen LogP contribution >= 0.6 is 0 Å². The van der Waals surface area contributed by atoms with E-state index in [4.69, 9.17) is 4.74 Å². The zero-order chi connectivity index (χ0) is 22.9. The molecule has 1 aliphatic rings. The summed E-state index contributed by atoms with van der Waals surface area (Å²) in [6, 6.07) is 8.73. The Kier molecular flexibility index (Phi) is 5.13. The van der Waals surface area contributed by atoms with Crippen molar-refractivity contribution >= 4 is 28.5 Å². The Morgan fingerprint density at radius 3 is 2.79 bits per heavy atom. The van der Waals surface area contributed by atoms with Crippen LogP contribution < -0.4 is 15.0 Å². The molecule has 0 saturated carbocycles. The van der Waals surface area contributed by atoms with E-state index in [0.29, 0.717) is 33.9 Å². The van der Waals surface area contributed by atoms with Crippen LogP contribution in [0.2, 0.25) is 0 Å². The Morgan fingerprint density at radius 1 is 1.24 bits per heavy atom. The topological polar surface area (TPSA) is 126 Å². The van der Waals surface area contributed by atoms with Crippen molar-refractivity contribution < 1.29 is 18.7 Å². The molecule has 33 heavy (non-hydrogen) atoms. The number of carbonyl (C=O) groups excluding carboxylic acids is 2. The SMILES string of the molecule is CN1C(=O)[C@@H](NC(=O)c2n[nH]c(Cc3ccccc3F)n2)COc2cc3nccnc3cc21. The first-order chi connectivity index (χ1) is 16.0.